The molecule has 0 aliphatic carbocycles. The number of esters is 1. The van der Waals surface area contributed by atoms with Gasteiger partial charge in [0.1, 0.15) is 11.5 Å². The van der Waals surface area contributed by atoms with Crippen LogP contribution in [0.15, 0.2) is 18.2 Å². The number of aryl methyl sites for hydroxylation is 1. The van der Waals surface area contributed by atoms with E-state index in [4.69, 9.17) is 15.6 Å². The predicted molar refractivity (Wildman–Crippen MR) is 52.2 cm³/mol. The number of ether oxygens (including phenoxy) is 1. The molecule has 0 radical (unpaired) electrons. The Morgan fingerprint density at radius 3 is 2.86 bits per heavy atom. The average molecular weight is 195 g/mol. The molecule has 0 aliphatic heterocycles. The van der Waals surface area contributed by atoms with Gasteiger partial charge in [0.25, 0.3) is 0 Å². The molecule has 0 spiro atoms. The van der Waals surface area contributed by atoms with E-state index in [1.54, 1.807) is 13.0 Å². The molecule has 4 nitrogen and oxygen atoms in total. The van der Waals surface area contributed by atoms with Gasteiger partial charge in [0.05, 0.1) is 6.42 Å². The molecule has 0 bridgehead atoms. The van der Waals surface area contributed by atoms with Crippen molar-refractivity contribution in [2.24, 2.45) is 5.73 Å². The molecule has 14 heavy (non-hydrogen) atoms. The fourth-order valence-electron chi connectivity index (χ4n) is 1.04. The Balaban J connectivity index is 2.72. The van der Waals surface area contributed by atoms with Crippen molar-refractivity contribution in [3.63, 3.8) is 0 Å². The second kappa shape index (κ2) is 4.62. The van der Waals surface area contributed by atoms with Crippen LogP contribution in [-0.2, 0) is 4.79 Å². The topological polar surface area (TPSA) is 72.5 Å². The van der Waals surface area contributed by atoms with Crippen LogP contribution in [0.5, 0.6) is 11.5 Å². The van der Waals surface area contributed by atoms with Crippen LogP contribution >= 0.6 is 0 Å². The highest BCUT2D eigenvalue weighted by molar-refractivity contribution is 5.73. The third-order valence-corrected chi connectivity index (χ3v) is 1.73. The van der Waals surface area contributed by atoms with Gasteiger partial charge in [-0.25, -0.2) is 0 Å². The third-order valence-electron chi connectivity index (χ3n) is 1.73. The lowest BCUT2D eigenvalue weighted by atomic mass is 10.2. The number of phenolic OH excluding ortho intramolecular Hbond substituents is 1. The summed E-state index contributed by atoms with van der Waals surface area (Å²) in [5.41, 5.74) is 5.92. The monoisotopic (exact) mass is 195 g/mol. The quantitative estimate of drug-likeness (QED) is 0.556. The van der Waals surface area contributed by atoms with Gasteiger partial charge in [-0.05, 0) is 30.7 Å². The molecule has 0 saturated heterocycles. The lowest BCUT2D eigenvalue weighted by Gasteiger charge is -2.06. The minimum absolute atomic E-state index is 0.154. The molecular weight excluding hydrogens is 182 g/mol. The van der Waals surface area contributed by atoms with Crippen molar-refractivity contribution >= 4 is 5.97 Å². The minimum Gasteiger partial charge on any atom is -0.508 e. The van der Waals surface area contributed by atoms with Crippen LogP contribution in [-0.4, -0.2) is 17.6 Å². The van der Waals surface area contributed by atoms with Crippen LogP contribution in [0.2, 0.25) is 0 Å². The van der Waals surface area contributed by atoms with Crippen LogP contribution in [0.3, 0.4) is 0 Å². The van der Waals surface area contributed by atoms with Gasteiger partial charge in [-0.1, -0.05) is 0 Å². The maximum atomic E-state index is 11.1. The number of hydrogen-bond acceptors (Lipinski definition) is 4. The number of hydrogen-bond donors (Lipinski definition) is 2. The molecule has 76 valence electrons. The molecule has 0 aliphatic rings. The van der Waals surface area contributed by atoms with Crippen molar-refractivity contribution in [3.05, 3.63) is 23.8 Å². The Morgan fingerprint density at radius 2 is 2.29 bits per heavy atom. The summed E-state index contributed by atoms with van der Waals surface area (Å²) < 4.78 is 5.01. The molecular formula is C10H13NO3. The van der Waals surface area contributed by atoms with Crippen molar-refractivity contribution in [1.82, 2.24) is 0 Å². The highest BCUT2D eigenvalue weighted by Gasteiger charge is 2.06. The smallest absolute Gasteiger partial charge is 0.312 e. The number of aromatic hydroxyl groups is 1. The van der Waals surface area contributed by atoms with Gasteiger partial charge in [-0.3, -0.25) is 4.79 Å². The van der Waals surface area contributed by atoms with Gasteiger partial charge >= 0.3 is 5.97 Å². The lowest BCUT2D eigenvalue weighted by Crippen LogP contribution is -2.14. The fourth-order valence-corrected chi connectivity index (χ4v) is 1.04. The number of benzene rings is 1. The Labute approximate surface area is 82.3 Å². The molecule has 0 fully saturated rings. The van der Waals surface area contributed by atoms with Gasteiger partial charge in [0.15, 0.2) is 0 Å². The molecule has 0 saturated carbocycles. The summed E-state index contributed by atoms with van der Waals surface area (Å²) >= 11 is 0. The number of phenols is 1. The number of rotatable bonds is 3. The van der Waals surface area contributed by atoms with Crippen molar-refractivity contribution in [1.29, 1.82) is 0 Å². The molecule has 1 rings (SSSR count). The van der Waals surface area contributed by atoms with Crippen molar-refractivity contribution in [3.8, 4) is 11.5 Å². The summed E-state index contributed by atoms with van der Waals surface area (Å²) in [6.07, 6.45) is 0.195. The van der Waals surface area contributed by atoms with E-state index in [9.17, 15) is 4.79 Å². The van der Waals surface area contributed by atoms with E-state index >= 15 is 0 Å². The fraction of sp³-hybridized carbons (Fsp3) is 0.300. The van der Waals surface area contributed by atoms with E-state index in [2.05, 4.69) is 0 Å². The maximum absolute atomic E-state index is 11.1. The van der Waals surface area contributed by atoms with Crippen LogP contribution in [0.4, 0.5) is 0 Å². The first-order chi connectivity index (χ1) is 6.63. The summed E-state index contributed by atoms with van der Waals surface area (Å²) in [6, 6.07) is 4.56. The van der Waals surface area contributed by atoms with Crippen LogP contribution in [0, 0.1) is 6.92 Å². The zero-order valence-electron chi connectivity index (χ0n) is 7.99. The van der Waals surface area contributed by atoms with Crippen molar-refractivity contribution in [2.45, 2.75) is 13.3 Å². The van der Waals surface area contributed by atoms with Gasteiger partial charge in [0, 0.05) is 6.54 Å². The standard InChI is InChI=1S/C10H13NO3/c1-7-6-8(12)2-3-9(7)14-10(13)4-5-11/h2-3,6,12H,4-5,11H2,1H3. The van der Waals surface area contributed by atoms with Gasteiger partial charge < -0.3 is 15.6 Å². The first kappa shape index (κ1) is 10.5. The molecule has 0 amide bonds. The summed E-state index contributed by atoms with van der Waals surface area (Å²) in [5.74, 6) is 0.253. The largest absolute Gasteiger partial charge is 0.508 e. The van der Waals surface area contributed by atoms with E-state index in [0.29, 0.717) is 5.75 Å². The first-order valence-electron chi connectivity index (χ1n) is 4.34. The van der Waals surface area contributed by atoms with Crippen LogP contribution in [0.1, 0.15) is 12.0 Å². The van der Waals surface area contributed by atoms with Crippen LogP contribution < -0.4 is 10.5 Å². The molecule has 0 atom stereocenters. The average Bonchev–Trinajstić information content (AvgIpc) is 2.10. The lowest BCUT2D eigenvalue weighted by molar-refractivity contribution is -0.134. The molecule has 0 unspecified atom stereocenters. The summed E-state index contributed by atoms with van der Waals surface area (Å²) in [4.78, 5) is 11.1. The number of carbonyl (C=O) groups is 1. The molecule has 3 N–H and O–H groups in total. The van der Waals surface area contributed by atoms with E-state index in [1.165, 1.54) is 12.1 Å². The summed E-state index contributed by atoms with van der Waals surface area (Å²) in [5, 5.41) is 9.11. The third kappa shape index (κ3) is 2.74. The zero-order chi connectivity index (χ0) is 10.6. The molecule has 4 heteroatoms. The second-order valence-electron chi connectivity index (χ2n) is 2.96. The van der Waals surface area contributed by atoms with E-state index in [-0.39, 0.29) is 24.7 Å². The summed E-state index contributed by atoms with van der Waals surface area (Å²) in [6.45, 7) is 2.03. The van der Waals surface area contributed by atoms with Gasteiger partial charge in [-0.15, -0.1) is 0 Å². The van der Waals surface area contributed by atoms with Gasteiger partial charge in [0.2, 0.25) is 0 Å². The Bertz CT molecular complexity index is 336. The van der Waals surface area contributed by atoms with E-state index in [1.807, 2.05) is 0 Å². The van der Waals surface area contributed by atoms with Crippen LogP contribution in [0.25, 0.3) is 0 Å². The Morgan fingerprint density at radius 1 is 1.57 bits per heavy atom. The Kier molecular flexibility index (Phi) is 3.48. The highest BCUT2D eigenvalue weighted by Crippen LogP contribution is 2.22. The van der Waals surface area contributed by atoms with Crippen molar-refractivity contribution < 1.29 is 14.6 Å². The Hall–Kier alpha value is -1.55. The van der Waals surface area contributed by atoms with E-state index in [0.717, 1.165) is 5.56 Å². The predicted octanol–water partition coefficient (Wildman–Crippen LogP) is 0.955. The van der Waals surface area contributed by atoms with Gasteiger partial charge in [-0.2, -0.15) is 0 Å². The van der Waals surface area contributed by atoms with E-state index < -0.39 is 0 Å². The first-order valence-corrected chi connectivity index (χ1v) is 4.34. The number of carbonyl (C=O) groups excluding carboxylic acids is 1. The normalized spacial score (nSPS) is 9.86. The highest BCUT2D eigenvalue weighted by atomic mass is 16.5. The molecule has 0 heterocycles. The van der Waals surface area contributed by atoms with Crippen molar-refractivity contribution in [2.75, 3.05) is 6.54 Å². The minimum atomic E-state index is -0.360. The number of nitrogens with two attached hydrogens (primary N) is 1. The second-order valence-corrected chi connectivity index (χ2v) is 2.96. The SMILES string of the molecule is Cc1cc(O)ccc1OC(=O)CCN. The summed E-state index contributed by atoms with van der Waals surface area (Å²) in [7, 11) is 0. The maximum Gasteiger partial charge on any atom is 0.312 e. The zero-order valence-corrected chi connectivity index (χ0v) is 7.99. The molecule has 1 aromatic rings. The molecule has 0 aromatic heterocycles. The molecule has 1 aromatic carbocycles.